The molecule has 2 aliphatic heterocycles. The number of fused-ring (bicyclic) bond motifs is 1. The van der Waals surface area contributed by atoms with Crippen LogP contribution in [0.25, 0.3) is 16.8 Å². The second-order valence-electron chi connectivity index (χ2n) is 10.7. The van der Waals surface area contributed by atoms with Crippen molar-refractivity contribution in [2.45, 2.75) is 52.2 Å². The number of nitrogens with zero attached hydrogens (tertiary/aromatic N) is 4. The van der Waals surface area contributed by atoms with Gasteiger partial charge in [-0.3, -0.25) is 9.78 Å². The molecule has 0 saturated carbocycles. The van der Waals surface area contributed by atoms with Crippen LogP contribution in [-0.2, 0) is 22.5 Å². The molecule has 2 aromatic heterocycles. The van der Waals surface area contributed by atoms with E-state index in [2.05, 4.69) is 11.1 Å². The summed E-state index contributed by atoms with van der Waals surface area (Å²) in [6.45, 7) is 6.56. The van der Waals surface area contributed by atoms with Crippen LogP contribution < -0.4 is 9.47 Å². The minimum atomic E-state index is 0.0464. The molecule has 1 amide bonds. The van der Waals surface area contributed by atoms with Crippen molar-refractivity contribution in [3.63, 3.8) is 0 Å². The number of aromatic nitrogens is 3. The first kappa shape index (κ1) is 27.0. The molecule has 1 saturated heterocycles. The SMILES string of the molecule is Cc1nn(-c2ccccc2)c(C)c1CC(=O)N1CCOc2c(cc(-c3cccnc3)cc2OCC2CCCCO2)C1. The predicted octanol–water partition coefficient (Wildman–Crippen LogP) is 5.46. The zero-order chi connectivity index (χ0) is 28.2. The molecule has 0 radical (unpaired) electrons. The highest BCUT2D eigenvalue weighted by Crippen LogP contribution is 2.39. The van der Waals surface area contributed by atoms with E-state index in [1.54, 1.807) is 6.20 Å². The van der Waals surface area contributed by atoms with Gasteiger partial charge in [0.15, 0.2) is 11.5 Å². The van der Waals surface area contributed by atoms with Gasteiger partial charge >= 0.3 is 0 Å². The summed E-state index contributed by atoms with van der Waals surface area (Å²) >= 11 is 0. The Kier molecular flexibility index (Phi) is 8.00. The van der Waals surface area contributed by atoms with E-state index in [4.69, 9.17) is 19.3 Å². The minimum Gasteiger partial charge on any atom is -0.487 e. The van der Waals surface area contributed by atoms with Crippen molar-refractivity contribution in [2.24, 2.45) is 0 Å². The highest BCUT2D eigenvalue weighted by Gasteiger charge is 2.26. The van der Waals surface area contributed by atoms with E-state index < -0.39 is 0 Å². The van der Waals surface area contributed by atoms with E-state index in [0.29, 0.717) is 37.8 Å². The van der Waals surface area contributed by atoms with Crippen LogP contribution in [0, 0.1) is 13.8 Å². The highest BCUT2D eigenvalue weighted by atomic mass is 16.5. The van der Waals surface area contributed by atoms with E-state index in [1.165, 1.54) is 0 Å². The van der Waals surface area contributed by atoms with E-state index >= 15 is 0 Å². The Labute approximate surface area is 240 Å². The number of ether oxygens (including phenoxy) is 3. The fraction of sp³-hybridized carbons (Fsp3) is 0.364. The number of carbonyl (C=O) groups is 1. The van der Waals surface area contributed by atoms with Crippen molar-refractivity contribution in [1.29, 1.82) is 0 Å². The molecule has 8 nitrogen and oxygen atoms in total. The molecule has 0 N–H and O–H groups in total. The molecule has 8 heteroatoms. The Balaban J connectivity index is 1.26. The van der Waals surface area contributed by atoms with E-state index in [1.807, 2.05) is 78.2 Å². The number of pyridine rings is 1. The van der Waals surface area contributed by atoms with Crippen LogP contribution in [0.4, 0.5) is 0 Å². The zero-order valence-corrected chi connectivity index (χ0v) is 23.7. The number of hydrogen-bond acceptors (Lipinski definition) is 6. The number of aryl methyl sites for hydroxylation is 1. The lowest BCUT2D eigenvalue weighted by atomic mass is 10.0. The van der Waals surface area contributed by atoms with Crippen LogP contribution in [0.2, 0.25) is 0 Å². The monoisotopic (exact) mass is 552 g/mol. The van der Waals surface area contributed by atoms with Gasteiger partial charge < -0.3 is 19.1 Å². The molecule has 4 heterocycles. The van der Waals surface area contributed by atoms with Crippen molar-refractivity contribution in [2.75, 3.05) is 26.4 Å². The number of benzene rings is 2. The Morgan fingerprint density at radius 3 is 2.71 bits per heavy atom. The molecule has 1 fully saturated rings. The van der Waals surface area contributed by atoms with Gasteiger partial charge in [0.25, 0.3) is 0 Å². The van der Waals surface area contributed by atoms with E-state index in [9.17, 15) is 4.79 Å². The van der Waals surface area contributed by atoms with Crippen LogP contribution in [0.1, 0.15) is 41.8 Å². The Bertz CT molecular complexity index is 1500. The summed E-state index contributed by atoms with van der Waals surface area (Å²) in [6, 6.07) is 18.1. The first-order valence-corrected chi connectivity index (χ1v) is 14.4. The van der Waals surface area contributed by atoms with Crippen molar-refractivity contribution in [3.05, 3.63) is 89.5 Å². The average Bonchev–Trinajstić information content (AvgIpc) is 3.16. The van der Waals surface area contributed by atoms with Gasteiger partial charge in [0.1, 0.15) is 13.2 Å². The fourth-order valence-electron chi connectivity index (χ4n) is 5.64. The second-order valence-corrected chi connectivity index (χ2v) is 10.7. The fourth-order valence-corrected chi connectivity index (χ4v) is 5.64. The smallest absolute Gasteiger partial charge is 0.227 e. The largest absolute Gasteiger partial charge is 0.487 e. The number of amides is 1. The molecule has 2 aromatic carbocycles. The van der Waals surface area contributed by atoms with Gasteiger partial charge in [-0.2, -0.15) is 5.10 Å². The molecule has 2 aliphatic rings. The predicted molar refractivity (Wildman–Crippen MR) is 156 cm³/mol. The second kappa shape index (κ2) is 12.1. The molecular formula is C33H36N4O4. The summed E-state index contributed by atoms with van der Waals surface area (Å²) in [5.41, 5.74) is 6.67. The third-order valence-electron chi connectivity index (χ3n) is 7.92. The maximum Gasteiger partial charge on any atom is 0.227 e. The van der Waals surface area contributed by atoms with Gasteiger partial charge in [-0.15, -0.1) is 0 Å². The first-order valence-electron chi connectivity index (χ1n) is 14.4. The number of carbonyl (C=O) groups excluding carboxylic acids is 1. The molecule has 1 atom stereocenters. The van der Waals surface area contributed by atoms with Gasteiger partial charge in [-0.25, -0.2) is 4.68 Å². The van der Waals surface area contributed by atoms with Crippen molar-refractivity contribution >= 4 is 5.91 Å². The molecule has 4 aromatic rings. The van der Waals surface area contributed by atoms with E-state index in [-0.39, 0.29) is 18.4 Å². The lowest BCUT2D eigenvalue weighted by Gasteiger charge is -2.24. The maximum atomic E-state index is 13.7. The van der Waals surface area contributed by atoms with E-state index in [0.717, 1.165) is 65.2 Å². The Morgan fingerprint density at radius 2 is 1.93 bits per heavy atom. The normalized spacial score (nSPS) is 16.9. The number of para-hydroxylation sites is 1. The molecule has 41 heavy (non-hydrogen) atoms. The van der Waals surface area contributed by atoms with Crippen molar-refractivity contribution in [1.82, 2.24) is 19.7 Å². The van der Waals surface area contributed by atoms with Crippen LogP contribution >= 0.6 is 0 Å². The molecule has 6 rings (SSSR count). The summed E-state index contributed by atoms with van der Waals surface area (Å²) in [7, 11) is 0. The van der Waals surface area contributed by atoms with Crippen LogP contribution in [0.5, 0.6) is 11.5 Å². The van der Waals surface area contributed by atoms with Crippen molar-refractivity contribution < 1.29 is 19.0 Å². The third-order valence-corrected chi connectivity index (χ3v) is 7.92. The van der Waals surface area contributed by atoms with Crippen LogP contribution in [0.3, 0.4) is 0 Å². The molecule has 212 valence electrons. The summed E-state index contributed by atoms with van der Waals surface area (Å²) in [6.07, 6.45) is 7.20. The minimum absolute atomic E-state index is 0.0464. The summed E-state index contributed by atoms with van der Waals surface area (Å²) in [4.78, 5) is 19.9. The summed E-state index contributed by atoms with van der Waals surface area (Å²) < 4.78 is 20.4. The standard InChI is InChI=1S/C33H36N4O4/c1-23-30(24(2)37(35-23)28-10-4-3-5-11-28)19-32(38)36-14-16-40-33-27(21-36)17-26(25-9-8-13-34-20-25)18-31(33)41-22-29-12-6-7-15-39-29/h3-5,8-11,13,17-18,20,29H,6-7,12,14-16,19,21-22H2,1-2H3. The van der Waals surface area contributed by atoms with Gasteiger partial charge in [0.05, 0.1) is 30.5 Å². The molecule has 1 unspecified atom stereocenters. The molecule has 0 aliphatic carbocycles. The molecule has 0 bridgehead atoms. The first-order chi connectivity index (χ1) is 20.1. The number of hydrogen-bond donors (Lipinski definition) is 0. The van der Waals surface area contributed by atoms with Gasteiger partial charge in [0, 0.05) is 47.9 Å². The van der Waals surface area contributed by atoms with Gasteiger partial charge in [-0.05, 0) is 69.0 Å². The van der Waals surface area contributed by atoms with Crippen molar-refractivity contribution in [3.8, 4) is 28.3 Å². The average molecular weight is 553 g/mol. The quantitative estimate of drug-likeness (QED) is 0.303. The topological polar surface area (TPSA) is 78.7 Å². The van der Waals surface area contributed by atoms with Crippen LogP contribution in [0.15, 0.2) is 67.0 Å². The molecule has 0 spiro atoms. The van der Waals surface area contributed by atoms with Crippen LogP contribution in [-0.4, -0.2) is 58.0 Å². The highest BCUT2D eigenvalue weighted by molar-refractivity contribution is 5.80. The number of rotatable bonds is 7. The van der Waals surface area contributed by atoms with Gasteiger partial charge in [-0.1, -0.05) is 24.3 Å². The Morgan fingerprint density at radius 1 is 1.05 bits per heavy atom. The Hall–Kier alpha value is -4.17. The maximum absolute atomic E-state index is 13.7. The lowest BCUT2D eigenvalue weighted by molar-refractivity contribution is -0.131. The molecular weight excluding hydrogens is 516 g/mol. The summed E-state index contributed by atoms with van der Waals surface area (Å²) in [5.74, 6) is 1.43. The summed E-state index contributed by atoms with van der Waals surface area (Å²) in [5, 5.41) is 4.74. The lowest BCUT2D eigenvalue weighted by Crippen LogP contribution is -2.33. The third kappa shape index (κ3) is 5.98. The van der Waals surface area contributed by atoms with Gasteiger partial charge in [0.2, 0.25) is 5.91 Å². The zero-order valence-electron chi connectivity index (χ0n) is 23.7.